The van der Waals surface area contributed by atoms with Crippen molar-refractivity contribution in [1.82, 2.24) is 5.32 Å². The number of carbonyl (C=O) groups excluding carboxylic acids is 2. The van der Waals surface area contributed by atoms with Gasteiger partial charge in [-0.3, -0.25) is 9.59 Å². The molecule has 0 aliphatic heterocycles. The zero-order chi connectivity index (χ0) is 20.5. The minimum absolute atomic E-state index is 0.286. The lowest BCUT2D eigenvalue weighted by Crippen LogP contribution is -2.38. The summed E-state index contributed by atoms with van der Waals surface area (Å²) in [4.78, 5) is 24.9. The molecule has 0 atom stereocenters. The second kappa shape index (κ2) is 9.96. The number of rotatable bonds is 9. The number of nitrogens with one attached hydrogen (secondary N) is 1. The van der Waals surface area contributed by atoms with Crippen LogP contribution >= 0.6 is 0 Å². The molecule has 29 heavy (non-hydrogen) atoms. The van der Waals surface area contributed by atoms with Gasteiger partial charge in [-0.2, -0.15) is 0 Å². The number of ether oxygens (including phenoxy) is 3. The molecule has 1 N–H and O–H groups in total. The Morgan fingerprint density at radius 1 is 0.966 bits per heavy atom. The fraction of sp³-hybridized carbons (Fsp3) is 0.391. The third-order valence-corrected chi connectivity index (χ3v) is 5.26. The van der Waals surface area contributed by atoms with E-state index in [0.717, 1.165) is 31.2 Å². The topological polar surface area (TPSA) is 73.9 Å². The van der Waals surface area contributed by atoms with E-state index in [0.29, 0.717) is 18.0 Å². The maximum Gasteiger partial charge on any atom is 0.317 e. The first kappa shape index (κ1) is 20.7. The molecule has 0 unspecified atom stereocenters. The SMILES string of the molecule is COc1ccccc1OCCNC(=O)COC(=O)C1(c2ccccc2)CCCC1. The van der Waals surface area contributed by atoms with E-state index in [9.17, 15) is 9.59 Å². The van der Waals surface area contributed by atoms with Crippen molar-refractivity contribution in [3.05, 3.63) is 60.2 Å². The van der Waals surface area contributed by atoms with Crippen LogP contribution in [0.3, 0.4) is 0 Å². The molecule has 0 saturated heterocycles. The molecule has 1 aliphatic rings. The number of amides is 1. The average Bonchev–Trinajstić information content (AvgIpc) is 3.27. The Morgan fingerprint density at radius 3 is 2.31 bits per heavy atom. The Morgan fingerprint density at radius 2 is 1.62 bits per heavy atom. The summed E-state index contributed by atoms with van der Waals surface area (Å²) in [6.45, 7) is 0.300. The highest BCUT2D eigenvalue weighted by Gasteiger charge is 2.44. The molecular weight excluding hydrogens is 370 g/mol. The van der Waals surface area contributed by atoms with Gasteiger partial charge in [0.2, 0.25) is 0 Å². The normalized spacial score (nSPS) is 14.8. The van der Waals surface area contributed by atoms with Gasteiger partial charge in [-0.25, -0.2) is 0 Å². The zero-order valence-electron chi connectivity index (χ0n) is 16.7. The van der Waals surface area contributed by atoms with Crippen LogP contribution in [0.4, 0.5) is 0 Å². The molecule has 0 spiro atoms. The molecular formula is C23H27NO5. The van der Waals surface area contributed by atoms with Crippen molar-refractivity contribution >= 4 is 11.9 Å². The van der Waals surface area contributed by atoms with Crippen LogP contribution in [0.5, 0.6) is 11.5 Å². The Hall–Kier alpha value is -3.02. The van der Waals surface area contributed by atoms with Crippen molar-refractivity contribution in [2.24, 2.45) is 0 Å². The number of benzene rings is 2. The van der Waals surface area contributed by atoms with Crippen molar-refractivity contribution in [2.45, 2.75) is 31.1 Å². The minimum Gasteiger partial charge on any atom is -0.493 e. The number of esters is 1. The first-order valence-corrected chi connectivity index (χ1v) is 9.91. The van der Waals surface area contributed by atoms with Crippen LogP contribution in [-0.2, 0) is 19.7 Å². The molecule has 0 bridgehead atoms. The van der Waals surface area contributed by atoms with E-state index in [-0.39, 0.29) is 25.1 Å². The summed E-state index contributed by atoms with van der Waals surface area (Å²) >= 11 is 0. The molecule has 1 fully saturated rings. The van der Waals surface area contributed by atoms with Crippen molar-refractivity contribution in [2.75, 3.05) is 26.9 Å². The molecule has 6 nitrogen and oxygen atoms in total. The largest absolute Gasteiger partial charge is 0.493 e. The van der Waals surface area contributed by atoms with E-state index in [1.54, 1.807) is 19.2 Å². The van der Waals surface area contributed by atoms with Gasteiger partial charge < -0.3 is 19.5 Å². The Labute approximate surface area is 171 Å². The van der Waals surface area contributed by atoms with Crippen LogP contribution in [0.25, 0.3) is 0 Å². The van der Waals surface area contributed by atoms with Crippen LogP contribution in [0.15, 0.2) is 54.6 Å². The molecule has 1 amide bonds. The molecule has 2 aromatic rings. The fourth-order valence-electron chi connectivity index (χ4n) is 3.76. The number of methoxy groups -OCH3 is 1. The van der Waals surface area contributed by atoms with Crippen LogP contribution < -0.4 is 14.8 Å². The third-order valence-electron chi connectivity index (χ3n) is 5.26. The smallest absolute Gasteiger partial charge is 0.317 e. The fourth-order valence-corrected chi connectivity index (χ4v) is 3.76. The molecule has 0 heterocycles. The van der Waals surface area contributed by atoms with E-state index in [1.807, 2.05) is 42.5 Å². The maximum atomic E-state index is 12.8. The lowest BCUT2D eigenvalue weighted by Gasteiger charge is -2.27. The molecule has 6 heteroatoms. The maximum absolute atomic E-state index is 12.8. The van der Waals surface area contributed by atoms with E-state index >= 15 is 0 Å². The molecule has 1 saturated carbocycles. The number of hydrogen-bond donors (Lipinski definition) is 1. The van der Waals surface area contributed by atoms with E-state index in [1.165, 1.54) is 0 Å². The predicted molar refractivity (Wildman–Crippen MR) is 109 cm³/mol. The lowest BCUT2D eigenvalue weighted by atomic mass is 9.79. The summed E-state index contributed by atoms with van der Waals surface area (Å²) in [7, 11) is 1.57. The Bertz CT molecular complexity index is 815. The quantitative estimate of drug-likeness (QED) is 0.519. The molecule has 1 aliphatic carbocycles. The highest BCUT2D eigenvalue weighted by atomic mass is 16.5. The van der Waals surface area contributed by atoms with E-state index < -0.39 is 5.41 Å². The second-order valence-electron chi connectivity index (χ2n) is 7.08. The molecule has 154 valence electrons. The van der Waals surface area contributed by atoms with Gasteiger partial charge in [-0.15, -0.1) is 0 Å². The summed E-state index contributed by atoms with van der Waals surface area (Å²) in [5, 5.41) is 2.71. The number of carbonyl (C=O) groups is 2. The van der Waals surface area contributed by atoms with Gasteiger partial charge in [0.1, 0.15) is 6.61 Å². The molecule has 0 radical (unpaired) electrons. The van der Waals surface area contributed by atoms with Gasteiger partial charge in [0.15, 0.2) is 18.1 Å². The standard InChI is InChI=1S/C23H27NO5/c1-27-19-11-5-6-12-20(19)28-16-15-24-21(25)17-29-22(26)23(13-7-8-14-23)18-9-3-2-4-10-18/h2-6,9-12H,7-8,13-17H2,1H3,(H,24,25). The highest BCUT2D eigenvalue weighted by molar-refractivity contribution is 5.86. The minimum atomic E-state index is -0.630. The van der Waals surface area contributed by atoms with Crippen LogP contribution in [-0.4, -0.2) is 38.7 Å². The first-order chi connectivity index (χ1) is 14.2. The Kier molecular flexibility index (Phi) is 7.11. The van der Waals surface area contributed by atoms with Crippen LogP contribution in [0.1, 0.15) is 31.2 Å². The van der Waals surface area contributed by atoms with Gasteiger partial charge in [0, 0.05) is 0 Å². The summed E-state index contributed by atoms with van der Waals surface area (Å²) in [5.74, 6) is 0.585. The molecule has 0 aromatic heterocycles. The van der Waals surface area contributed by atoms with Crippen LogP contribution in [0.2, 0.25) is 0 Å². The Balaban J connectivity index is 1.44. The molecule has 3 rings (SSSR count). The zero-order valence-corrected chi connectivity index (χ0v) is 16.7. The third kappa shape index (κ3) is 5.08. The summed E-state index contributed by atoms with van der Waals surface area (Å²) in [6.07, 6.45) is 3.47. The first-order valence-electron chi connectivity index (χ1n) is 9.91. The van der Waals surface area contributed by atoms with Gasteiger partial charge in [0.25, 0.3) is 5.91 Å². The lowest BCUT2D eigenvalue weighted by molar-refractivity contribution is -0.154. The number of hydrogen-bond acceptors (Lipinski definition) is 5. The van der Waals surface area contributed by atoms with Crippen LogP contribution in [0, 0.1) is 0 Å². The van der Waals surface area contributed by atoms with Crippen molar-refractivity contribution in [1.29, 1.82) is 0 Å². The second-order valence-corrected chi connectivity index (χ2v) is 7.08. The highest BCUT2D eigenvalue weighted by Crippen LogP contribution is 2.42. The average molecular weight is 397 g/mol. The van der Waals surface area contributed by atoms with Crippen molar-refractivity contribution in [3.63, 3.8) is 0 Å². The van der Waals surface area contributed by atoms with Gasteiger partial charge in [-0.05, 0) is 30.5 Å². The van der Waals surface area contributed by atoms with Gasteiger partial charge >= 0.3 is 5.97 Å². The number of para-hydroxylation sites is 2. The van der Waals surface area contributed by atoms with Crippen molar-refractivity contribution in [3.8, 4) is 11.5 Å². The van der Waals surface area contributed by atoms with Gasteiger partial charge in [0.05, 0.1) is 19.1 Å². The van der Waals surface area contributed by atoms with Crippen molar-refractivity contribution < 1.29 is 23.8 Å². The predicted octanol–water partition coefficient (Wildman–Crippen LogP) is 3.25. The summed E-state index contributed by atoms with van der Waals surface area (Å²) < 4.78 is 16.2. The summed E-state index contributed by atoms with van der Waals surface area (Å²) in [5.41, 5.74) is 0.335. The van der Waals surface area contributed by atoms with E-state index in [2.05, 4.69) is 5.32 Å². The monoisotopic (exact) mass is 397 g/mol. The summed E-state index contributed by atoms with van der Waals surface area (Å²) in [6, 6.07) is 17.0. The van der Waals surface area contributed by atoms with Gasteiger partial charge in [-0.1, -0.05) is 55.3 Å². The van der Waals surface area contributed by atoms with E-state index in [4.69, 9.17) is 14.2 Å². The molecule has 2 aromatic carbocycles.